The summed E-state index contributed by atoms with van der Waals surface area (Å²) in [5.41, 5.74) is 18.2. The van der Waals surface area contributed by atoms with E-state index in [1.54, 1.807) is 0 Å². The first-order valence-electron chi connectivity index (χ1n) is 20.8. The van der Waals surface area contributed by atoms with Gasteiger partial charge in [0.25, 0.3) is 0 Å². The van der Waals surface area contributed by atoms with Gasteiger partial charge in [0.15, 0.2) is 5.58 Å². The van der Waals surface area contributed by atoms with Crippen molar-refractivity contribution in [2.24, 2.45) is 0 Å². The summed E-state index contributed by atoms with van der Waals surface area (Å²) in [7, 11) is -1.56. The zero-order chi connectivity index (χ0) is 39.8. The van der Waals surface area contributed by atoms with E-state index in [1.165, 1.54) is 60.6 Å². The van der Waals surface area contributed by atoms with Crippen molar-refractivity contribution >= 4 is 74.2 Å². The van der Waals surface area contributed by atoms with E-state index in [2.05, 4.69) is 202 Å². The Morgan fingerprint density at radius 1 is 0.508 bits per heavy atom. The Labute approximate surface area is 345 Å². The average molecular weight is 778 g/mol. The third kappa shape index (κ3) is 4.87. The number of fused-ring (bicyclic) bond motifs is 14. The van der Waals surface area contributed by atoms with Gasteiger partial charge in [-0.2, -0.15) is 0 Å². The third-order valence-corrected chi connectivity index (χ3v) is 15.4. The predicted molar refractivity (Wildman–Crippen MR) is 249 cm³/mol. The van der Waals surface area contributed by atoms with Crippen LogP contribution < -0.4 is 10.1 Å². The van der Waals surface area contributed by atoms with Gasteiger partial charge in [0.1, 0.15) is 16.7 Å². The number of para-hydroxylation sites is 2. The van der Waals surface area contributed by atoms with Crippen LogP contribution in [0.15, 0.2) is 173 Å². The van der Waals surface area contributed by atoms with Gasteiger partial charge in [0.05, 0.1) is 13.8 Å². The molecule has 0 saturated heterocycles. The fraction of sp³-hybridized carbons (Fsp3) is 0.127. The zero-order valence-electron chi connectivity index (χ0n) is 33.9. The Hall–Kier alpha value is -6.62. The molecular formula is C55H43NO2Si. The molecule has 1 unspecified atom stereocenters. The molecule has 0 bridgehead atoms. The lowest BCUT2D eigenvalue weighted by Gasteiger charge is -2.29. The summed E-state index contributed by atoms with van der Waals surface area (Å²) < 4.78 is 13.7. The molecule has 1 atom stereocenters. The molecule has 10 aromatic rings. The molecule has 8 aromatic carbocycles. The monoisotopic (exact) mass is 777 g/mol. The Morgan fingerprint density at radius 2 is 1.14 bits per heavy atom. The lowest BCUT2D eigenvalue weighted by molar-refractivity contribution is 0.654. The van der Waals surface area contributed by atoms with Crippen LogP contribution in [0.5, 0.6) is 0 Å². The number of hydrogen-bond acceptors (Lipinski definition) is 3. The van der Waals surface area contributed by atoms with E-state index < -0.39 is 8.07 Å². The van der Waals surface area contributed by atoms with Crippen molar-refractivity contribution in [3.8, 4) is 22.3 Å². The van der Waals surface area contributed by atoms with Crippen molar-refractivity contribution in [3.05, 3.63) is 192 Å². The van der Waals surface area contributed by atoms with Gasteiger partial charge in [-0.1, -0.05) is 154 Å². The molecule has 0 N–H and O–H groups in total. The molecular weight excluding hydrogens is 735 g/mol. The van der Waals surface area contributed by atoms with Gasteiger partial charge in [0, 0.05) is 44.3 Å². The Kier molecular flexibility index (Phi) is 7.12. The van der Waals surface area contributed by atoms with Crippen molar-refractivity contribution in [3.63, 3.8) is 0 Å². The number of hydrogen-bond donors (Lipinski definition) is 0. The van der Waals surface area contributed by atoms with Crippen molar-refractivity contribution < 1.29 is 8.83 Å². The normalized spacial score (nSPS) is 15.2. The van der Waals surface area contributed by atoms with E-state index in [0.29, 0.717) is 0 Å². The highest BCUT2D eigenvalue weighted by Crippen LogP contribution is 2.59. The van der Waals surface area contributed by atoms with Crippen LogP contribution in [0.4, 0.5) is 17.1 Å². The molecule has 0 saturated carbocycles. The standard InChI is InChI=1S/C55H43NO2Si/c1-55(2)43-29-30-48-50(40-19-11-13-21-46(40)57-48)52(43)53-44(55)32-45(54-51(53)41-20-12-14-22-47(41)58-54)56(34-23-26-36(27-24-34)59(3,4)5)35-25-28-39-42(31-35)37-17-9-10-18-38(37)49(39)33-15-7-6-8-16-33/h6-32,49H,1-5H3. The summed E-state index contributed by atoms with van der Waals surface area (Å²) in [6, 6.07) is 60.3. The van der Waals surface area contributed by atoms with E-state index >= 15 is 0 Å². The highest BCUT2D eigenvalue weighted by Gasteiger charge is 2.41. The van der Waals surface area contributed by atoms with Crippen molar-refractivity contribution in [2.75, 3.05) is 4.90 Å². The first kappa shape index (κ1) is 34.4. The molecule has 2 aromatic heterocycles. The van der Waals surface area contributed by atoms with Crippen LogP contribution in [0.1, 0.15) is 47.6 Å². The van der Waals surface area contributed by atoms with Gasteiger partial charge >= 0.3 is 0 Å². The van der Waals surface area contributed by atoms with E-state index in [9.17, 15) is 0 Å². The molecule has 3 nitrogen and oxygen atoms in total. The summed E-state index contributed by atoms with van der Waals surface area (Å²) in [5, 5.41) is 6.02. The maximum absolute atomic E-state index is 7.14. The Morgan fingerprint density at radius 3 is 1.90 bits per heavy atom. The summed E-state index contributed by atoms with van der Waals surface area (Å²) in [6.07, 6.45) is 0. The summed E-state index contributed by atoms with van der Waals surface area (Å²) in [5.74, 6) is 0.179. The molecule has 2 aliphatic carbocycles. The van der Waals surface area contributed by atoms with Crippen molar-refractivity contribution in [2.45, 2.75) is 44.8 Å². The van der Waals surface area contributed by atoms with Gasteiger partial charge in [-0.05, 0) is 98.6 Å². The quantitative estimate of drug-likeness (QED) is 0.163. The highest BCUT2D eigenvalue weighted by molar-refractivity contribution is 6.88. The molecule has 0 spiro atoms. The summed E-state index contributed by atoms with van der Waals surface area (Å²) in [4.78, 5) is 2.46. The van der Waals surface area contributed by atoms with Gasteiger partial charge < -0.3 is 13.7 Å². The minimum absolute atomic E-state index is 0.179. The second-order valence-corrected chi connectivity index (χ2v) is 23.1. The number of rotatable bonds is 5. The lowest BCUT2D eigenvalue weighted by Crippen LogP contribution is -2.37. The third-order valence-electron chi connectivity index (χ3n) is 13.3. The first-order valence-corrected chi connectivity index (χ1v) is 24.3. The van der Waals surface area contributed by atoms with E-state index in [-0.39, 0.29) is 11.3 Å². The molecule has 0 amide bonds. The maximum atomic E-state index is 7.14. The van der Waals surface area contributed by atoms with Crippen LogP contribution in [-0.2, 0) is 5.41 Å². The summed E-state index contributed by atoms with van der Waals surface area (Å²) in [6.45, 7) is 12.0. The van der Waals surface area contributed by atoms with E-state index in [0.717, 1.165) is 55.6 Å². The molecule has 59 heavy (non-hydrogen) atoms. The molecule has 2 aliphatic rings. The second-order valence-electron chi connectivity index (χ2n) is 18.0. The smallest absolute Gasteiger partial charge is 0.160 e. The SMILES string of the molecule is CC1(C)c2ccc3oc4ccccc4c3c2-c2c1cc(N(c1ccc([Si](C)(C)C)cc1)c1ccc3c(c1)-c1ccccc1C3c1ccccc1)c1oc3ccccc3c21. The minimum Gasteiger partial charge on any atom is -0.456 e. The fourth-order valence-electron chi connectivity index (χ4n) is 10.4. The van der Waals surface area contributed by atoms with Crippen LogP contribution in [0.2, 0.25) is 19.6 Å². The first-order chi connectivity index (χ1) is 28.7. The minimum atomic E-state index is -1.56. The number of nitrogens with zero attached hydrogens (tertiary/aromatic N) is 1. The zero-order valence-corrected chi connectivity index (χ0v) is 34.9. The van der Waals surface area contributed by atoms with Gasteiger partial charge in [-0.25, -0.2) is 0 Å². The van der Waals surface area contributed by atoms with Crippen molar-refractivity contribution in [1.29, 1.82) is 0 Å². The van der Waals surface area contributed by atoms with Crippen LogP contribution in [0, 0.1) is 0 Å². The highest BCUT2D eigenvalue weighted by atomic mass is 28.3. The van der Waals surface area contributed by atoms with Crippen LogP contribution in [-0.4, -0.2) is 8.07 Å². The molecule has 2 heterocycles. The van der Waals surface area contributed by atoms with Crippen LogP contribution >= 0.6 is 0 Å². The van der Waals surface area contributed by atoms with Gasteiger partial charge in [0.2, 0.25) is 0 Å². The molecule has 4 heteroatoms. The lowest BCUT2D eigenvalue weighted by atomic mass is 9.81. The molecule has 12 rings (SSSR count). The molecule has 284 valence electrons. The van der Waals surface area contributed by atoms with Crippen molar-refractivity contribution in [1.82, 2.24) is 0 Å². The molecule has 0 fully saturated rings. The van der Waals surface area contributed by atoms with E-state index in [1.807, 2.05) is 0 Å². The number of furan rings is 2. The summed E-state index contributed by atoms with van der Waals surface area (Å²) >= 11 is 0. The Bertz CT molecular complexity index is 3340. The van der Waals surface area contributed by atoms with Gasteiger partial charge in [-0.3, -0.25) is 0 Å². The Balaban J connectivity index is 1.17. The van der Waals surface area contributed by atoms with Gasteiger partial charge in [-0.15, -0.1) is 0 Å². The fourth-order valence-corrected chi connectivity index (χ4v) is 11.6. The van der Waals surface area contributed by atoms with Crippen LogP contribution in [0.25, 0.3) is 66.1 Å². The molecule has 0 aliphatic heterocycles. The molecule has 0 radical (unpaired) electrons. The topological polar surface area (TPSA) is 29.5 Å². The number of benzene rings is 8. The van der Waals surface area contributed by atoms with E-state index in [4.69, 9.17) is 8.83 Å². The van der Waals surface area contributed by atoms with Crippen LogP contribution in [0.3, 0.4) is 0 Å². The second kappa shape index (κ2) is 12.2. The average Bonchev–Trinajstić information content (AvgIpc) is 3.98. The largest absolute Gasteiger partial charge is 0.456 e. The maximum Gasteiger partial charge on any atom is 0.160 e. The number of anilines is 3. The predicted octanol–water partition coefficient (Wildman–Crippen LogP) is 15.0.